The van der Waals surface area contributed by atoms with Gasteiger partial charge in [0.25, 0.3) is 0 Å². The quantitative estimate of drug-likeness (QED) is 0.743. The molecule has 2 aromatic carbocycles. The van der Waals surface area contributed by atoms with E-state index in [1.54, 1.807) is 6.07 Å². The minimum atomic E-state index is 0.158. The molecular weight excluding hydrogens is 246 g/mol. The Bertz CT molecular complexity index is 510. The van der Waals surface area contributed by atoms with Gasteiger partial charge in [-0.05, 0) is 31.0 Å². The summed E-state index contributed by atoms with van der Waals surface area (Å²) < 4.78 is 0. The summed E-state index contributed by atoms with van der Waals surface area (Å²) in [6, 6.07) is 18.2. The van der Waals surface area contributed by atoms with Crippen molar-refractivity contribution in [3.8, 4) is 5.75 Å². The highest BCUT2D eigenvalue weighted by molar-refractivity contribution is 5.35. The van der Waals surface area contributed by atoms with Crippen molar-refractivity contribution in [3.05, 3.63) is 65.7 Å². The molecule has 0 amide bonds. The third kappa shape index (κ3) is 4.10. The van der Waals surface area contributed by atoms with Gasteiger partial charge in [-0.15, -0.1) is 0 Å². The summed E-state index contributed by atoms with van der Waals surface area (Å²) in [6.45, 7) is 3.16. The van der Waals surface area contributed by atoms with Crippen LogP contribution in [0, 0.1) is 0 Å². The standard InChI is InChI=1S/C18H23NO/c1-2-3-13-19-17(14-15-9-5-4-6-10-15)16-11-7-8-12-18(16)20/h4-12,17,19-20H,2-3,13-14H2,1H3/t17-/m0/s1. The van der Waals surface area contributed by atoms with Crippen molar-refractivity contribution in [3.63, 3.8) is 0 Å². The summed E-state index contributed by atoms with van der Waals surface area (Å²) in [4.78, 5) is 0. The number of phenolic OH excluding ortho intramolecular Hbond substituents is 1. The van der Waals surface area contributed by atoms with Crippen LogP contribution in [0.1, 0.15) is 36.9 Å². The Balaban J connectivity index is 2.14. The van der Waals surface area contributed by atoms with Crippen molar-refractivity contribution in [1.82, 2.24) is 5.32 Å². The van der Waals surface area contributed by atoms with Gasteiger partial charge >= 0.3 is 0 Å². The Morgan fingerprint density at radius 1 is 1.00 bits per heavy atom. The molecule has 1 atom stereocenters. The lowest BCUT2D eigenvalue weighted by molar-refractivity contribution is 0.442. The molecule has 0 aromatic heterocycles. The highest BCUT2D eigenvalue weighted by Crippen LogP contribution is 2.26. The van der Waals surface area contributed by atoms with E-state index in [9.17, 15) is 5.11 Å². The fraction of sp³-hybridized carbons (Fsp3) is 0.333. The van der Waals surface area contributed by atoms with Crippen LogP contribution in [0.3, 0.4) is 0 Å². The lowest BCUT2D eigenvalue weighted by Gasteiger charge is -2.20. The monoisotopic (exact) mass is 269 g/mol. The molecule has 0 heterocycles. The number of unbranched alkanes of at least 4 members (excludes halogenated alkanes) is 1. The molecule has 20 heavy (non-hydrogen) atoms. The molecule has 0 spiro atoms. The third-order valence-corrected chi connectivity index (χ3v) is 3.52. The number of hydrogen-bond acceptors (Lipinski definition) is 2. The largest absolute Gasteiger partial charge is 0.508 e. The average molecular weight is 269 g/mol. The molecular formula is C18H23NO. The van der Waals surface area contributed by atoms with Crippen molar-refractivity contribution in [2.75, 3.05) is 6.54 Å². The highest BCUT2D eigenvalue weighted by Gasteiger charge is 2.14. The van der Waals surface area contributed by atoms with E-state index in [-0.39, 0.29) is 6.04 Å². The van der Waals surface area contributed by atoms with Crippen molar-refractivity contribution in [2.24, 2.45) is 0 Å². The SMILES string of the molecule is CCCCN[C@@H](Cc1ccccc1)c1ccccc1O. The van der Waals surface area contributed by atoms with Gasteiger partial charge in [0, 0.05) is 11.6 Å². The molecule has 2 aromatic rings. The fourth-order valence-electron chi connectivity index (χ4n) is 2.38. The van der Waals surface area contributed by atoms with Gasteiger partial charge in [-0.3, -0.25) is 0 Å². The normalized spacial score (nSPS) is 12.2. The van der Waals surface area contributed by atoms with Crippen molar-refractivity contribution < 1.29 is 5.11 Å². The first-order valence-corrected chi connectivity index (χ1v) is 7.36. The molecule has 0 fully saturated rings. The summed E-state index contributed by atoms with van der Waals surface area (Å²) in [5.74, 6) is 0.373. The van der Waals surface area contributed by atoms with Gasteiger partial charge in [-0.25, -0.2) is 0 Å². The Morgan fingerprint density at radius 3 is 2.40 bits per heavy atom. The molecule has 0 aliphatic carbocycles. The van der Waals surface area contributed by atoms with E-state index in [0.29, 0.717) is 5.75 Å². The number of phenols is 1. The molecule has 0 saturated carbocycles. The van der Waals surface area contributed by atoms with Gasteiger partial charge in [0.2, 0.25) is 0 Å². The van der Waals surface area contributed by atoms with Gasteiger partial charge < -0.3 is 10.4 Å². The molecule has 0 bridgehead atoms. The van der Waals surface area contributed by atoms with E-state index in [2.05, 4.69) is 36.5 Å². The molecule has 0 saturated heterocycles. The van der Waals surface area contributed by atoms with Gasteiger partial charge in [-0.2, -0.15) is 0 Å². The smallest absolute Gasteiger partial charge is 0.120 e. The zero-order valence-corrected chi connectivity index (χ0v) is 12.0. The maximum atomic E-state index is 10.1. The Morgan fingerprint density at radius 2 is 1.70 bits per heavy atom. The van der Waals surface area contributed by atoms with Crippen molar-refractivity contribution in [2.45, 2.75) is 32.2 Å². The number of hydrogen-bond donors (Lipinski definition) is 2. The molecule has 0 unspecified atom stereocenters. The van der Waals surface area contributed by atoms with E-state index in [1.165, 1.54) is 12.0 Å². The van der Waals surface area contributed by atoms with E-state index >= 15 is 0 Å². The second-order valence-corrected chi connectivity index (χ2v) is 5.11. The number of aromatic hydroxyl groups is 1. The highest BCUT2D eigenvalue weighted by atomic mass is 16.3. The van der Waals surface area contributed by atoms with Crippen molar-refractivity contribution in [1.29, 1.82) is 0 Å². The zero-order chi connectivity index (χ0) is 14.2. The van der Waals surface area contributed by atoms with Crippen LogP contribution in [0.5, 0.6) is 5.75 Å². The molecule has 106 valence electrons. The number of rotatable bonds is 7. The maximum Gasteiger partial charge on any atom is 0.120 e. The van der Waals surface area contributed by atoms with Gasteiger partial charge in [0.05, 0.1) is 0 Å². The van der Waals surface area contributed by atoms with Crippen LogP contribution in [0.2, 0.25) is 0 Å². The van der Waals surface area contributed by atoms with Crippen LogP contribution in [-0.2, 0) is 6.42 Å². The Labute approximate surface area is 121 Å². The Kier molecular flexibility index (Phi) is 5.63. The molecule has 2 nitrogen and oxygen atoms in total. The van der Waals surface area contributed by atoms with E-state index < -0.39 is 0 Å². The number of para-hydroxylation sites is 1. The van der Waals surface area contributed by atoms with E-state index in [4.69, 9.17) is 0 Å². The van der Waals surface area contributed by atoms with E-state index in [1.807, 2.05) is 24.3 Å². The topological polar surface area (TPSA) is 32.3 Å². The lowest BCUT2D eigenvalue weighted by atomic mass is 9.98. The predicted octanol–water partition coefficient (Wildman–Crippen LogP) is 4.07. The second-order valence-electron chi connectivity index (χ2n) is 5.11. The van der Waals surface area contributed by atoms with Crippen LogP contribution in [0.15, 0.2) is 54.6 Å². The summed E-state index contributed by atoms with van der Waals surface area (Å²) in [5, 5.41) is 13.6. The molecule has 0 radical (unpaired) electrons. The first-order valence-electron chi connectivity index (χ1n) is 7.36. The van der Waals surface area contributed by atoms with Crippen LogP contribution in [0.25, 0.3) is 0 Å². The molecule has 0 aliphatic rings. The first-order chi connectivity index (χ1) is 9.81. The summed E-state index contributed by atoms with van der Waals surface area (Å²) >= 11 is 0. The number of nitrogens with one attached hydrogen (secondary N) is 1. The second kappa shape index (κ2) is 7.71. The van der Waals surface area contributed by atoms with Crippen LogP contribution >= 0.6 is 0 Å². The van der Waals surface area contributed by atoms with Crippen LogP contribution in [-0.4, -0.2) is 11.7 Å². The molecule has 2 rings (SSSR count). The van der Waals surface area contributed by atoms with Gasteiger partial charge in [0.15, 0.2) is 0 Å². The minimum absolute atomic E-state index is 0.158. The fourth-order valence-corrected chi connectivity index (χ4v) is 2.38. The van der Waals surface area contributed by atoms with Crippen LogP contribution < -0.4 is 5.32 Å². The molecule has 0 aliphatic heterocycles. The zero-order valence-electron chi connectivity index (χ0n) is 12.0. The first kappa shape index (κ1) is 14.6. The lowest BCUT2D eigenvalue weighted by Crippen LogP contribution is -2.24. The summed E-state index contributed by atoms with van der Waals surface area (Å²) in [6.07, 6.45) is 3.22. The van der Waals surface area contributed by atoms with Crippen molar-refractivity contribution >= 4 is 0 Å². The van der Waals surface area contributed by atoms with Gasteiger partial charge in [-0.1, -0.05) is 61.9 Å². The summed E-state index contributed by atoms with van der Waals surface area (Å²) in [7, 11) is 0. The third-order valence-electron chi connectivity index (χ3n) is 3.52. The minimum Gasteiger partial charge on any atom is -0.508 e. The average Bonchev–Trinajstić information content (AvgIpc) is 2.48. The Hall–Kier alpha value is -1.80. The molecule has 2 N–H and O–H groups in total. The maximum absolute atomic E-state index is 10.1. The van der Waals surface area contributed by atoms with Crippen LogP contribution in [0.4, 0.5) is 0 Å². The van der Waals surface area contributed by atoms with Gasteiger partial charge in [0.1, 0.15) is 5.75 Å². The summed E-state index contributed by atoms with van der Waals surface area (Å²) in [5.41, 5.74) is 2.26. The number of benzene rings is 2. The molecule has 2 heteroatoms. The predicted molar refractivity (Wildman–Crippen MR) is 83.9 cm³/mol. The van der Waals surface area contributed by atoms with E-state index in [0.717, 1.165) is 24.9 Å².